The third kappa shape index (κ3) is 3.05. The lowest BCUT2D eigenvalue weighted by Gasteiger charge is -2.32. The van der Waals surface area contributed by atoms with Crippen molar-refractivity contribution < 1.29 is 14.3 Å². The van der Waals surface area contributed by atoms with Gasteiger partial charge in [0.25, 0.3) is 5.91 Å². The van der Waals surface area contributed by atoms with E-state index in [4.69, 9.17) is 4.74 Å². The number of nitrogens with zero attached hydrogens (tertiary/aromatic N) is 1. The van der Waals surface area contributed by atoms with Crippen LogP contribution in [0.5, 0.6) is 0 Å². The highest BCUT2D eigenvalue weighted by Gasteiger charge is 2.33. The zero-order valence-electron chi connectivity index (χ0n) is 11.2. The van der Waals surface area contributed by atoms with Gasteiger partial charge in [-0.15, -0.1) is 0 Å². The van der Waals surface area contributed by atoms with E-state index in [1.807, 2.05) is 31.2 Å². The van der Waals surface area contributed by atoms with Crippen LogP contribution in [-0.4, -0.2) is 25.0 Å². The molecule has 19 heavy (non-hydrogen) atoms. The standard InChI is InChI=1S/C14H18N2O3/c1-3-19-14(18)12-7-8-16(15-13(12)17)11-6-4-5-10(2)9-11/h4-6,9,12H,3,7-8H2,1-2H3,(H,15,17). The summed E-state index contributed by atoms with van der Waals surface area (Å²) >= 11 is 0. The first kappa shape index (κ1) is 13.4. The van der Waals surface area contributed by atoms with E-state index in [1.54, 1.807) is 11.9 Å². The van der Waals surface area contributed by atoms with Crippen molar-refractivity contribution in [2.45, 2.75) is 20.3 Å². The summed E-state index contributed by atoms with van der Waals surface area (Å²) in [6, 6.07) is 7.86. The summed E-state index contributed by atoms with van der Waals surface area (Å²) in [5.74, 6) is -1.43. The Labute approximate surface area is 112 Å². The number of amides is 1. The van der Waals surface area contributed by atoms with Gasteiger partial charge in [0.05, 0.1) is 12.3 Å². The number of aryl methyl sites for hydroxylation is 1. The first-order valence-corrected chi connectivity index (χ1v) is 6.43. The Balaban J connectivity index is 2.04. The van der Waals surface area contributed by atoms with Crippen LogP contribution in [0, 0.1) is 12.8 Å². The molecule has 1 aliphatic rings. The number of hydrogen-bond acceptors (Lipinski definition) is 4. The Kier molecular flexibility index (Phi) is 4.04. The average molecular weight is 262 g/mol. The van der Waals surface area contributed by atoms with Crippen LogP contribution in [-0.2, 0) is 14.3 Å². The number of hydrogen-bond donors (Lipinski definition) is 1. The lowest BCUT2D eigenvalue weighted by Crippen LogP contribution is -2.53. The SMILES string of the molecule is CCOC(=O)C1CCN(c2cccc(C)c2)NC1=O. The van der Waals surface area contributed by atoms with Crippen LogP contribution < -0.4 is 10.4 Å². The van der Waals surface area contributed by atoms with Gasteiger partial charge in [-0.3, -0.25) is 20.0 Å². The van der Waals surface area contributed by atoms with Gasteiger partial charge in [0.2, 0.25) is 0 Å². The molecule has 1 aliphatic heterocycles. The maximum atomic E-state index is 11.9. The van der Waals surface area contributed by atoms with E-state index in [9.17, 15) is 9.59 Å². The average Bonchev–Trinajstić information content (AvgIpc) is 2.38. The Morgan fingerprint density at radius 1 is 1.53 bits per heavy atom. The van der Waals surface area contributed by atoms with Crippen molar-refractivity contribution in [2.75, 3.05) is 18.2 Å². The van der Waals surface area contributed by atoms with Gasteiger partial charge in [-0.05, 0) is 38.0 Å². The van der Waals surface area contributed by atoms with Crippen molar-refractivity contribution >= 4 is 17.6 Å². The van der Waals surface area contributed by atoms with Gasteiger partial charge in [0.15, 0.2) is 0 Å². The molecular weight excluding hydrogens is 244 g/mol. The molecule has 1 unspecified atom stereocenters. The minimum Gasteiger partial charge on any atom is -0.465 e. The molecule has 0 aliphatic carbocycles. The molecule has 1 heterocycles. The molecule has 0 bridgehead atoms. The van der Waals surface area contributed by atoms with E-state index in [0.29, 0.717) is 19.6 Å². The molecule has 5 heteroatoms. The predicted octanol–water partition coefficient (Wildman–Crippen LogP) is 1.42. The van der Waals surface area contributed by atoms with Crippen molar-refractivity contribution in [3.05, 3.63) is 29.8 Å². The third-order valence-corrected chi connectivity index (χ3v) is 3.09. The van der Waals surface area contributed by atoms with E-state index in [2.05, 4.69) is 5.43 Å². The van der Waals surface area contributed by atoms with E-state index in [0.717, 1.165) is 11.3 Å². The van der Waals surface area contributed by atoms with Crippen molar-refractivity contribution in [1.29, 1.82) is 0 Å². The molecule has 102 valence electrons. The van der Waals surface area contributed by atoms with Gasteiger partial charge in [0.1, 0.15) is 5.92 Å². The number of carbonyl (C=O) groups excluding carboxylic acids is 2. The molecule has 0 saturated carbocycles. The second-order valence-electron chi connectivity index (χ2n) is 4.56. The topological polar surface area (TPSA) is 58.6 Å². The number of esters is 1. The molecular formula is C14H18N2O3. The molecule has 0 aromatic heterocycles. The molecule has 1 aromatic carbocycles. The maximum Gasteiger partial charge on any atom is 0.318 e. The minimum absolute atomic E-state index is 0.296. The number of rotatable bonds is 3. The predicted molar refractivity (Wildman–Crippen MR) is 71.4 cm³/mol. The zero-order valence-corrected chi connectivity index (χ0v) is 11.2. The Morgan fingerprint density at radius 2 is 2.32 bits per heavy atom. The van der Waals surface area contributed by atoms with Crippen LogP contribution in [0.3, 0.4) is 0 Å². The fraction of sp³-hybridized carbons (Fsp3) is 0.429. The van der Waals surface area contributed by atoms with E-state index >= 15 is 0 Å². The van der Waals surface area contributed by atoms with Gasteiger partial charge in [-0.1, -0.05) is 12.1 Å². The molecule has 0 spiro atoms. The van der Waals surface area contributed by atoms with E-state index < -0.39 is 11.9 Å². The quantitative estimate of drug-likeness (QED) is 0.661. The van der Waals surface area contributed by atoms with Crippen molar-refractivity contribution in [3.63, 3.8) is 0 Å². The molecule has 0 radical (unpaired) electrons. The molecule has 2 rings (SSSR count). The van der Waals surface area contributed by atoms with Crippen LogP contribution in [0.4, 0.5) is 5.69 Å². The molecule has 1 N–H and O–H groups in total. The molecule has 1 saturated heterocycles. The lowest BCUT2D eigenvalue weighted by atomic mass is 10.0. The highest BCUT2D eigenvalue weighted by molar-refractivity contribution is 5.99. The Morgan fingerprint density at radius 3 is 2.95 bits per heavy atom. The number of anilines is 1. The third-order valence-electron chi connectivity index (χ3n) is 3.09. The smallest absolute Gasteiger partial charge is 0.318 e. The summed E-state index contributed by atoms with van der Waals surface area (Å²) in [6.45, 7) is 4.62. The number of ether oxygens (including phenoxy) is 1. The molecule has 1 fully saturated rings. The van der Waals surface area contributed by atoms with Crippen LogP contribution in [0.15, 0.2) is 24.3 Å². The number of carbonyl (C=O) groups is 2. The van der Waals surface area contributed by atoms with E-state index in [-0.39, 0.29) is 5.91 Å². The van der Waals surface area contributed by atoms with Crippen LogP contribution in [0.1, 0.15) is 18.9 Å². The van der Waals surface area contributed by atoms with Gasteiger partial charge >= 0.3 is 5.97 Å². The Hall–Kier alpha value is -2.04. The maximum absolute atomic E-state index is 11.9. The summed E-state index contributed by atoms with van der Waals surface area (Å²) in [7, 11) is 0. The Bertz CT molecular complexity index is 487. The number of benzene rings is 1. The van der Waals surface area contributed by atoms with Gasteiger partial charge in [-0.25, -0.2) is 0 Å². The van der Waals surface area contributed by atoms with Crippen molar-refractivity contribution in [2.24, 2.45) is 5.92 Å². The fourth-order valence-corrected chi connectivity index (χ4v) is 2.11. The lowest BCUT2D eigenvalue weighted by molar-refractivity contribution is -0.153. The summed E-state index contributed by atoms with van der Waals surface area (Å²) in [6.07, 6.45) is 0.471. The van der Waals surface area contributed by atoms with Gasteiger partial charge in [-0.2, -0.15) is 0 Å². The van der Waals surface area contributed by atoms with Crippen molar-refractivity contribution in [3.8, 4) is 0 Å². The second kappa shape index (κ2) is 5.73. The highest BCUT2D eigenvalue weighted by atomic mass is 16.5. The first-order chi connectivity index (χ1) is 9.11. The summed E-state index contributed by atoms with van der Waals surface area (Å²) < 4.78 is 4.89. The van der Waals surface area contributed by atoms with Crippen LogP contribution in [0.2, 0.25) is 0 Å². The second-order valence-corrected chi connectivity index (χ2v) is 4.56. The molecule has 1 atom stereocenters. The first-order valence-electron chi connectivity index (χ1n) is 6.43. The highest BCUT2D eigenvalue weighted by Crippen LogP contribution is 2.20. The van der Waals surface area contributed by atoms with E-state index in [1.165, 1.54) is 0 Å². The summed E-state index contributed by atoms with van der Waals surface area (Å²) in [5.41, 5.74) is 4.79. The molecule has 1 amide bonds. The monoisotopic (exact) mass is 262 g/mol. The van der Waals surface area contributed by atoms with Gasteiger partial charge in [0, 0.05) is 6.54 Å². The summed E-state index contributed by atoms with van der Waals surface area (Å²) in [4.78, 5) is 23.5. The minimum atomic E-state index is -0.694. The molecule has 5 nitrogen and oxygen atoms in total. The van der Waals surface area contributed by atoms with Crippen LogP contribution >= 0.6 is 0 Å². The van der Waals surface area contributed by atoms with Gasteiger partial charge < -0.3 is 4.74 Å². The van der Waals surface area contributed by atoms with Crippen LogP contribution in [0.25, 0.3) is 0 Å². The summed E-state index contributed by atoms with van der Waals surface area (Å²) in [5, 5.41) is 1.77. The normalized spacial score (nSPS) is 18.9. The van der Waals surface area contributed by atoms with Crippen molar-refractivity contribution in [1.82, 2.24) is 5.43 Å². The number of nitrogens with one attached hydrogen (secondary N) is 1. The number of hydrazine groups is 1. The fourth-order valence-electron chi connectivity index (χ4n) is 2.11. The zero-order chi connectivity index (χ0) is 13.8. The molecule has 1 aromatic rings. The largest absolute Gasteiger partial charge is 0.465 e.